The molecule has 20 heavy (non-hydrogen) atoms. The lowest BCUT2D eigenvalue weighted by molar-refractivity contribution is -0.137. The molecule has 0 heterocycles. The van der Waals surface area contributed by atoms with Crippen LogP contribution in [0, 0.1) is 0 Å². The van der Waals surface area contributed by atoms with Crippen LogP contribution in [0.25, 0.3) is 0 Å². The molecule has 4 N–H and O–H groups in total. The molecular formula is C13H18F3N3O. The van der Waals surface area contributed by atoms with Crippen molar-refractivity contribution in [2.75, 3.05) is 17.2 Å². The van der Waals surface area contributed by atoms with Gasteiger partial charge in [0.2, 0.25) is 5.91 Å². The van der Waals surface area contributed by atoms with Gasteiger partial charge in [0.1, 0.15) is 0 Å². The van der Waals surface area contributed by atoms with Crippen LogP contribution < -0.4 is 16.4 Å². The van der Waals surface area contributed by atoms with Gasteiger partial charge in [0.05, 0.1) is 23.0 Å². The van der Waals surface area contributed by atoms with Gasteiger partial charge in [-0.3, -0.25) is 4.79 Å². The first kappa shape index (κ1) is 16.3. The Morgan fingerprint density at radius 3 is 2.50 bits per heavy atom. The Hall–Kier alpha value is -1.76. The van der Waals surface area contributed by atoms with Crippen LogP contribution in [0.15, 0.2) is 18.2 Å². The van der Waals surface area contributed by atoms with E-state index in [1.807, 2.05) is 6.92 Å². The molecule has 1 aromatic rings. The second kappa shape index (κ2) is 6.60. The minimum absolute atomic E-state index is 0.0792. The molecule has 0 fully saturated rings. The van der Waals surface area contributed by atoms with Crippen molar-refractivity contribution in [2.24, 2.45) is 5.73 Å². The third-order valence-electron chi connectivity index (χ3n) is 2.58. The summed E-state index contributed by atoms with van der Waals surface area (Å²) in [4.78, 5) is 11.6. The number of nitrogens with one attached hydrogen (secondary N) is 2. The smallest absolute Gasteiger partial charge is 0.383 e. The molecule has 1 rings (SSSR count). The summed E-state index contributed by atoms with van der Waals surface area (Å²) >= 11 is 0. The summed E-state index contributed by atoms with van der Waals surface area (Å²) in [6.07, 6.45) is -3.65. The highest BCUT2D eigenvalue weighted by Gasteiger charge is 2.31. The number of hydrogen-bond acceptors (Lipinski definition) is 3. The molecule has 0 saturated heterocycles. The van der Waals surface area contributed by atoms with Crippen LogP contribution in [0.2, 0.25) is 0 Å². The molecule has 0 aliphatic rings. The number of rotatable bonds is 5. The third-order valence-corrected chi connectivity index (χ3v) is 2.58. The Morgan fingerprint density at radius 1 is 1.35 bits per heavy atom. The number of carbonyl (C=O) groups excluding carboxylic acids is 1. The third kappa shape index (κ3) is 4.41. The average Bonchev–Trinajstić information content (AvgIpc) is 2.35. The molecule has 0 aliphatic carbocycles. The molecule has 0 aromatic heterocycles. The van der Waals surface area contributed by atoms with E-state index in [1.165, 1.54) is 13.0 Å². The van der Waals surface area contributed by atoms with Gasteiger partial charge < -0.3 is 16.4 Å². The number of nitrogens with two attached hydrogens (primary N) is 1. The maximum Gasteiger partial charge on any atom is 0.416 e. The van der Waals surface area contributed by atoms with E-state index < -0.39 is 23.7 Å². The Labute approximate surface area is 115 Å². The fourth-order valence-corrected chi connectivity index (χ4v) is 1.48. The minimum atomic E-state index is -4.46. The van der Waals surface area contributed by atoms with Gasteiger partial charge in [-0.2, -0.15) is 13.2 Å². The highest BCUT2D eigenvalue weighted by atomic mass is 19.4. The van der Waals surface area contributed by atoms with E-state index in [4.69, 9.17) is 5.73 Å². The first-order valence-corrected chi connectivity index (χ1v) is 6.27. The van der Waals surface area contributed by atoms with Crippen LogP contribution in [-0.2, 0) is 11.0 Å². The van der Waals surface area contributed by atoms with Gasteiger partial charge in [0.25, 0.3) is 0 Å². The zero-order valence-corrected chi connectivity index (χ0v) is 11.3. The van der Waals surface area contributed by atoms with E-state index in [0.29, 0.717) is 12.2 Å². The molecular weight excluding hydrogens is 271 g/mol. The molecule has 1 unspecified atom stereocenters. The Morgan fingerprint density at radius 2 is 2.00 bits per heavy atom. The minimum Gasteiger partial charge on any atom is -0.383 e. The topological polar surface area (TPSA) is 67.1 Å². The quantitative estimate of drug-likeness (QED) is 0.781. The molecule has 4 nitrogen and oxygen atoms in total. The van der Waals surface area contributed by atoms with E-state index >= 15 is 0 Å². The second-order valence-corrected chi connectivity index (χ2v) is 4.46. The van der Waals surface area contributed by atoms with Gasteiger partial charge in [-0.1, -0.05) is 6.92 Å². The second-order valence-electron chi connectivity index (χ2n) is 4.46. The number of benzene rings is 1. The number of hydrogen-bond donors (Lipinski definition) is 3. The molecule has 0 radical (unpaired) electrons. The fourth-order valence-electron chi connectivity index (χ4n) is 1.48. The molecule has 0 spiro atoms. The molecule has 1 amide bonds. The van der Waals surface area contributed by atoms with E-state index in [2.05, 4.69) is 10.6 Å². The number of halogens is 3. The van der Waals surface area contributed by atoms with Crippen LogP contribution in [0.3, 0.4) is 0 Å². The van der Waals surface area contributed by atoms with Crippen LogP contribution in [0.1, 0.15) is 25.8 Å². The lowest BCUT2D eigenvalue weighted by Gasteiger charge is -2.16. The van der Waals surface area contributed by atoms with Gasteiger partial charge in [0.15, 0.2) is 0 Å². The summed E-state index contributed by atoms with van der Waals surface area (Å²) in [5.74, 6) is -0.538. The lowest BCUT2D eigenvalue weighted by Crippen LogP contribution is -2.32. The van der Waals surface area contributed by atoms with Crippen molar-refractivity contribution in [3.05, 3.63) is 23.8 Å². The number of amides is 1. The van der Waals surface area contributed by atoms with Crippen molar-refractivity contribution in [2.45, 2.75) is 32.5 Å². The normalized spacial score (nSPS) is 12.9. The molecule has 1 aromatic carbocycles. The van der Waals surface area contributed by atoms with Crippen molar-refractivity contribution < 1.29 is 18.0 Å². The summed E-state index contributed by atoms with van der Waals surface area (Å²) in [6, 6.07) is 2.37. The summed E-state index contributed by atoms with van der Waals surface area (Å²) in [5.41, 5.74) is 5.10. The van der Waals surface area contributed by atoms with Gasteiger partial charge >= 0.3 is 6.18 Å². The zero-order valence-electron chi connectivity index (χ0n) is 11.3. The van der Waals surface area contributed by atoms with Crippen molar-refractivity contribution in [3.63, 3.8) is 0 Å². The number of anilines is 2. The lowest BCUT2D eigenvalue weighted by atomic mass is 10.1. The molecule has 0 saturated carbocycles. The molecule has 0 bridgehead atoms. The van der Waals surface area contributed by atoms with Gasteiger partial charge in [0, 0.05) is 6.54 Å². The van der Waals surface area contributed by atoms with Gasteiger partial charge in [-0.15, -0.1) is 0 Å². The molecule has 0 aliphatic heterocycles. The van der Waals surface area contributed by atoms with Gasteiger partial charge in [-0.25, -0.2) is 0 Å². The SMILES string of the molecule is CCCNc1ccc(C(F)(F)F)cc1NC(=O)C(C)N. The van der Waals surface area contributed by atoms with Crippen LogP contribution in [0.5, 0.6) is 0 Å². The van der Waals surface area contributed by atoms with Crippen molar-refractivity contribution in [3.8, 4) is 0 Å². The Balaban J connectivity index is 3.09. The Bertz CT molecular complexity index is 472. The monoisotopic (exact) mass is 289 g/mol. The van der Waals surface area contributed by atoms with Gasteiger partial charge in [-0.05, 0) is 31.5 Å². The predicted octanol–water partition coefficient (Wildman–Crippen LogP) is 2.81. The highest BCUT2D eigenvalue weighted by molar-refractivity contribution is 5.97. The van der Waals surface area contributed by atoms with E-state index in [9.17, 15) is 18.0 Å². The van der Waals surface area contributed by atoms with Crippen molar-refractivity contribution in [1.82, 2.24) is 0 Å². The van der Waals surface area contributed by atoms with E-state index in [-0.39, 0.29) is 5.69 Å². The Kier molecular flexibility index (Phi) is 5.38. The summed E-state index contributed by atoms with van der Waals surface area (Å²) < 4.78 is 38.1. The van der Waals surface area contributed by atoms with Crippen LogP contribution in [-0.4, -0.2) is 18.5 Å². The predicted molar refractivity (Wildman–Crippen MR) is 72.5 cm³/mol. The largest absolute Gasteiger partial charge is 0.416 e. The van der Waals surface area contributed by atoms with E-state index in [0.717, 1.165) is 18.6 Å². The maximum absolute atomic E-state index is 12.7. The summed E-state index contributed by atoms with van der Waals surface area (Å²) in [5, 5.41) is 5.37. The highest BCUT2D eigenvalue weighted by Crippen LogP contribution is 2.34. The van der Waals surface area contributed by atoms with Crippen LogP contribution in [0.4, 0.5) is 24.5 Å². The first-order chi connectivity index (χ1) is 9.25. The average molecular weight is 289 g/mol. The molecule has 1 atom stereocenters. The van der Waals surface area contributed by atoms with E-state index in [1.54, 1.807) is 0 Å². The zero-order chi connectivity index (χ0) is 15.3. The molecule has 112 valence electrons. The summed E-state index contributed by atoms with van der Waals surface area (Å²) in [6.45, 7) is 3.98. The number of carbonyl (C=O) groups is 1. The van der Waals surface area contributed by atoms with Crippen LogP contribution >= 0.6 is 0 Å². The fraction of sp³-hybridized carbons (Fsp3) is 0.462. The number of alkyl halides is 3. The van der Waals surface area contributed by atoms with Crippen molar-refractivity contribution in [1.29, 1.82) is 0 Å². The standard InChI is InChI=1S/C13H18F3N3O/c1-3-6-18-10-5-4-9(13(14,15)16)7-11(10)19-12(20)8(2)17/h4-5,7-8,18H,3,6,17H2,1-2H3,(H,19,20). The first-order valence-electron chi connectivity index (χ1n) is 6.27. The maximum atomic E-state index is 12.7. The summed E-state index contributed by atoms with van der Waals surface area (Å²) in [7, 11) is 0. The molecule has 7 heteroatoms. The van der Waals surface area contributed by atoms with Crippen molar-refractivity contribution >= 4 is 17.3 Å².